The van der Waals surface area contributed by atoms with Crippen LogP contribution in [0.15, 0.2) is 36.4 Å². The maximum absolute atomic E-state index is 13.4. The lowest BCUT2D eigenvalue weighted by molar-refractivity contribution is 0.604. The molecule has 0 aliphatic rings. The van der Waals surface area contributed by atoms with Crippen molar-refractivity contribution < 1.29 is 4.39 Å². The van der Waals surface area contributed by atoms with E-state index in [1.54, 1.807) is 6.07 Å². The van der Waals surface area contributed by atoms with Gasteiger partial charge in [-0.05, 0) is 53.9 Å². The van der Waals surface area contributed by atoms with E-state index >= 15 is 0 Å². The first kappa shape index (κ1) is 14.3. The Morgan fingerprint density at radius 2 is 1.84 bits per heavy atom. The molecule has 2 nitrogen and oxygen atoms in total. The van der Waals surface area contributed by atoms with E-state index in [1.807, 2.05) is 19.1 Å². The zero-order valence-electron chi connectivity index (χ0n) is 10.3. The van der Waals surface area contributed by atoms with Gasteiger partial charge in [-0.1, -0.05) is 29.3 Å². The van der Waals surface area contributed by atoms with E-state index in [-0.39, 0.29) is 11.9 Å². The molecule has 1 atom stereocenters. The van der Waals surface area contributed by atoms with Gasteiger partial charge in [0.2, 0.25) is 0 Å². The first-order valence-corrected chi connectivity index (χ1v) is 6.45. The lowest BCUT2D eigenvalue weighted by Gasteiger charge is -2.20. The number of rotatable bonds is 3. The Hall–Kier alpha value is -1.13. The zero-order valence-corrected chi connectivity index (χ0v) is 11.8. The number of hydrazine groups is 1. The smallest absolute Gasteiger partial charge is 0.123 e. The van der Waals surface area contributed by atoms with Crippen molar-refractivity contribution in [2.75, 3.05) is 0 Å². The molecule has 0 aromatic heterocycles. The lowest BCUT2D eigenvalue weighted by atomic mass is 9.95. The van der Waals surface area contributed by atoms with Crippen LogP contribution >= 0.6 is 23.2 Å². The number of hydrogen-bond donors (Lipinski definition) is 2. The molecule has 0 bridgehead atoms. The molecule has 0 heterocycles. The summed E-state index contributed by atoms with van der Waals surface area (Å²) in [5.74, 6) is 5.24. The van der Waals surface area contributed by atoms with Crippen molar-refractivity contribution in [3.05, 3.63) is 69.0 Å². The minimum atomic E-state index is -0.388. The predicted molar refractivity (Wildman–Crippen MR) is 76.8 cm³/mol. The van der Waals surface area contributed by atoms with Crippen LogP contribution < -0.4 is 11.3 Å². The highest BCUT2D eigenvalue weighted by Crippen LogP contribution is 2.31. The molecule has 0 saturated heterocycles. The summed E-state index contributed by atoms with van der Waals surface area (Å²) in [5.41, 5.74) is 5.12. The van der Waals surface area contributed by atoms with Crippen LogP contribution in [0.25, 0.3) is 0 Å². The number of nitrogens with one attached hydrogen (secondary N) is 1. The van der Waals surface area contributed by atoms with Crippen molar-refractivity contribution in [2.24, 2.45) is 5.84 Å². The Kier molecular flexibility index (Phi) is 4.42. The quantitative estimate of drug-likeness (QED) is 0.664. The average molecular weight is 299 g/mol. The fourth-order valence-corrected chi connectivity index (χ4v) is 2.50. The Morgan fingerprint density at radius 3 is 2.47 bits per heavy atom. The lowest BCUT2D eigenvalue weighted by Crippen LogP contribution is -2.29. The molecule has 0 spiro atoms. The monoisotopic (exact) mass is 298 g/mol. The van der Waals surface area contributed by atoms with Crippen molar-refractivity contribution in [3.63, 3.8) is 0 Å². The van der Waals surface area contributed by atoms with Gasteiger partial charge in [-0.25, -0.2) is 9.82 Å². The largest absolute Gasteiger partial charge is 0.271 e. The molecule has 5 heteroatoms. The van der Waals surface area contributed by atoms with Crippen LogP contribution in [0.1, 0.15) is 22.7 Å². The van der Waals surface area contributed by atoms with Gasteiger partial charge in [0.05, 0.1) is 6.04 Å². The topological polar surface area (TPSA) is 38.0 Å². The SMILES string of the molecule is Cc1cc(Cl)ccc1C(NN)c1cc(F)ccc1Cl. The molecule has 0 fully saturated rings. The molecule has 1 unspecified atom stereocenters. The third-order valence-corrected chi connectivity index (χ3v) is 3.56. The third kappa shape index (κ3) is 3.07. The first-order chi connectivity index (χ1) is 9.02. The highest BCUT2D eigenvalue weighted by Gasteiger charge is 2.18. The molecule has 19 heavy (non-hydrogen) atoms. The van der Waals surface area contributed by atoms with Crippen LogP contribution in [0.2, 0.25) is 10.0 Å². The maximum atomic E-state index is 13.4. The summed E-state index contributed by atoms with van der Waals surface area (Å²) in [5, 5.41) is 1.10. The number of halogens is 3. The summed E-state index contributed by atoms with van der Waals surface area (Å²) in [7, 11) is 0. The van der Waals surface area contributed by atoms with Gasteiger partial charge in [0.25, 0.3) is 0 Å². The fourth-order valence-electron chi connectivity index (χ4n) is 2.05. The highest BCUT2D eigenvalue weighted by atomic mass is 35.5. The third-order valence-electron chi connectivity index (χ3n) is 2.98. The molecule has 3 N–H and O–H groups in total. The van der Waals surface area contributed by atoms with Crippen molar-refractivity contribution in [1.29, 1.82) is 0 Å². The van der Waals surface area contributed by atoms with E-state index in [4.69, 9.17) is 29.0 Å². The van der Waals surface area contributed by atoms with E-state index in [9.17, 15) is 4.39 Å². The van der Waals surface area contributed by atoms with Gasteiger partial charge in [-0.15, -0.1) is 0 Å². The Bertz CT molecular complexity index is 602. The second-order valence-corrected chi connectivity index (χ2v) is 5.11. The normalized spacial score (nSPS) is 12.5. The second-order valence-electron chi connectivity index (χ2n) is 4.27. The molecule has 2 aromatic carbocycles. The van der Waals surface area contributed by atoms with Crippen LogP contribution in [-0.2, 0) is 0 Å². The van der Waals surface area contributed by atoms with Gasteiger partial charge < -0.3 is 0 Å². The molecule has 0 aliphatic carbocycles. The van der Waals surface area contributed by atoms with Gasteiger partial charge >= 0.3 is 0 Å². The van der Waals surface area contributed by atoms with Crippen molar-refractivity contribution in [1.82, 2.24) is 5.43 Å². The second kappa shape index (κ2) is 5.88. The Balaban J connectivity index is 2.52. The van der Waals surface area contributed by atoms with Crippen LogP contribution in [0, 0.1) is 12.7 Å². The molecule has 0 saturated carbocycles. The molecule has 0 aliphatic heterocycles. The summed E-state index contributed by atoms with van der Waals surface area (Å²) >= 11 is 12.0. The summed E-state index contributed by atoms with van der Waals surface area (Å²) in [6.07, 6.45) is 0. The van der Waals surface area contributed by atoms with Gasteiger partial charge in [0, 0.05) is 10.0 Å². The van der Waals surface area contributed by atoms with Crippen LogP contribution in [-0.4, -0.2) is 0 Å². The number of benzene rings is 2. The van der Waals surface area contributed by atoms with Crippen LogP contribution in [0.3, 0.4) is 0 Å². The maximum Gasteiger partial charge on any atom is 0.123 e. The average Bonchev–Trinajstić information content (AvgIpc) is 2.36. The fraction of sp³-hybridized carbons (Fsp3) is 0.143. The molecule has 0 amide bonds. The molecule has 0 radical (unpaired) electrons. The summed E-state index contributed by atoms with van der Waals surface area (Å²) in [6.45, 7) is 1.92. The first-order valence-electron chi connectivity index (χ1n) is 5.70. The summed E-state index contributed by atoms with van der Waals surface area (Å²) in [4.78, 5) is 0. The molecule has 2 rings (SSSR count). The van der Waals surface area contributed by atoms with E-state index in [0.717, 1.165) is 11.1 Å². The van der Waals surface area contributed by atoms with Crippen molar-refractivity contribution in [2.45, 2.75) is 13.0 Å². The van der Waals surface area contributed by atoms with E-state index < -0.39 is 0 Å². The van der Waals surface area contributed by atoms with Gasteiger partial charge in [0.15, 0.2) is 0 Å². The number of nitrogens with two attached hydrogens (primary N) is 1. The number of aryl methyl sites for hydroxylation is 1. The van der Waals surface area contributed by atoms with Gasteiger partial charge in [0.1, 0.15) is 5.82 Å². The molecular formula is C14H13Cl2FN2. The molecular weight excluding hydrogens is 286 g/mol. The predicted octanol–water partition coefficient (Wildman–Crippen LogP) is 3.99. The summed E-state index contributed by atoms with van der Waals surface area (Å²) < 4.78 is 13.4. The summed E-state index contributed by atoms with van der Waals surface area (Å²) in [6, 6.07) is 9.26. The van der Waals surface area contributed by atoms with E-state index in [1.165, 1.54) is 18.2 Å². The minimum absolute atomic E-state index is 0.355. The van der Waals surface area contributed by atoms with Crippen LogP contribution in [0.5, 0.6) is 0 Å². The molecule has 100 valence electrons. The minimum Gasteiger partial charge on any atom is -0.271 e. The number of hydrogen-bond acceptors (Lipinski definition) is 2. The van der Waals surface area contributed by atoms with Crippen molar-refractivity contribution >= 4 is 23.2 Å². The standard InChI is InChI=1S/C14H13Cl2FN2/c1-8-6-9(15)2-4-11(8)14(19-18)12-7-10(17)3-5-13(12)16/h2-7,14,19H,18H2,1H3. The van der Waals surface area contributed by atoms with Gasteiger partial charge in [-0.3, -0.25) is 5.84 Å². The highest BCUT2D eigenvalue weighted by molar-refractivity contribution is 6.31. The van der Waals surface area contributed by atoms with E-state index in [2.05, 4.69) is 5.43 Å². The van der Waals surface area contributed by atoms with Crippen LogP contribution in [0.4, 0.5) is 4.39 Å². The van der Waals surface area contributed by atoms with Gasteiger partial charge in [-0.2, -0.15) is 0 Å². The Morgan fingerprint density at radius 1 is 1.11 bits per heavy atom. The zero-order chi connectivity index (χ0) is 14.0. The van der Waals surface area contributed by atoms with Crippen molar-refractivity contribution in [3.8, 4) is 0 Å². The Labute approximate surface area is 121 Å². The molecule has 2 aromatic rings. The van der Waals surface area contributed by atoms with E-state index in [0.29, 0.717) is 15.6 Å².